The Morgan fingerprint density at radius 3 is 2.35 bits per heavy atom. The highest BCUT2D eigenvalue weighted by molar-refractivity contribution is 5.83. The van der Waals surface area contributed by atoms with E-state index in [4.69, 9.17) is 5.11 Å². The SMILES string of the molecule is CC(C)(C)[C@@H](NC(=O)N1CCC(O)C1)C(=O)O. The van der Waals surface area contributed by atoms with E-state index in [0.717, 1.165) is 0 Å². The molecule has 1 rings (SSSR count). The average molecular weight is 244 g/mol. The first-order valence-electron chi connectivity index (χ1n) is 5.68. The molecule has 98 valence electrons. The van der Waals surface area contributed by atoms with Crippen LogP contribution in [0.2, 0.25) is 0 Å². The Labute approximate surface area is 101 Å². The molecule has 0 aromatic carbocycles. The van der Waals surface area contributed by atoms with E-state index in [1.54, 1.807) is 20.8 Å². The van der Waals surface area contributed by atoms with Gasteiger partial charge in [0.2, 0.25) is 0 Å². The summed E-state index contributed by atoms with van der Waals surface area (Å²) in [4.78, 5) is 24.3. The summed E-state index contributed by atoms with van der Waals surface area (Å²) >= 11 is 0. The van der Waals surface area contributed by atoms with Crippen LogP contribution in [0.25, 0.3) is 0 Å². The van der Waals surface area contributed by atoms with E-state index in [1.807, 2.05) is 0 Å². The van der Waals surface area contributed by atoms with Crippen molar-refractivity contribution in [1.82, 2.24) is 10.2 Å². The Morgan fingerprint density at radius 2 is 2.00 bits per heavy atom. The zero-order chi connectivity index (χ0) is 13.2. The van der Waals surface area contributed by atoms with Gasteiger partial charge in [0.15, 0.2) is 0 Å². The molecule has 6 nitrogen and oxygen atoms in total. The molecular formula is C11H20N2O4. The number of nitrogens with zero attached hydrogens (tertiary/aromatic N) is 1. The van der Waals surface area contributed by atoms with Gasteiger partial charge in [0.25, 0.3) is 0 Å². The zero-order valence-electron chi connectivity index (χ0n) is 10.4. The van der Waals surface area contributed by atoms with Crippen LogP contribution in [-0.4, -0.2) is 52.3 Å². The van der Waals surface area contributed by atoms with Gasteiger partial charge in [-0.3, -0.25) is 0 Å². The second kappa shape index (κ2) is 4.91. The fourth-order valence-corrected chi connectivity index (χ4v) is 1.79. The number of nitrogens with one attached hydrogen (secondary N) is 1. The maximum Gasteiger partial charge on any atom is 0.326 e. The molecule has 1 aliphatic rings. The summed E-state index contributed by atoms with van der Waals surface area (Å²) in [6.45, 7) is 5.99. The summed E-state index contributed by atoms with van der Waals surface area (Å²) in [5.74, 6) is -1.05. The second-order valence-corrected chi connectivity index (χ2v) is 5.48. The molecule has 0 saturated carbocycles. The van der Waals surface area contributed by atoms with Crippen molar-refractivity contribution in [3.05, 3.63) is 0 Å². The number of likely N-dealkylation sites (tertiary alicyclic amines) is 1. The highest BCUT2D eigenvalue weighted by Crippen LogP contribution is 2.20. The lowest BCUT2D eigenvalue weighted by Gasteiger charge is -2.29. The van der Waals surface area contributed by atoms with Gasteiger partial charge >= 0.3 is 12.0 Å². The number of amides is 2. The number of hydrogen-bond acceptors (Lipinski definition) is 3. The van der Waals surface area contributed by atoms with Crippen molar-refractivity contribution >= 4 is 12.0 Å². The fraction of sp³-hybridized carbons (Fsp3) is 0.818. The Hall–Kier alpha value is -1.30. The van der Waals surface area contributed by atoms with E-state index < -0.39 is 29.6 Å². The van der Waals surface area contributed by atoms with Crippen LogP contribution in [0.15, 0.2) is 0 Å². The Balaban J connectivity index is 2.62. The van der Waals surface area contributed by atoms with Crippen LogP contribution in [0.4, 0.5) is 4.79 Å². The van der Waals surface area contributed by atoms with E-state index in [0.29, 0.717) is 13.0 Å². The number of aliphatic hydroxyl groups is 1. The molecule has 2 amide bonds. The minimum Gasteiger partial charge on any atom is -0.480 e. The van der Waals surface area contributed by atoms with Crippen molar-refractivity contribution in [3.8, 4) is 0 Å². The molecule has 17 heavy (non-hydrogen) atoms. The smallest absolute Gasteiger partial charge is 0.326 e. The van der Waals surface area contributed by atoms with Gasteiger partial charge in [-0.05, 0) is 11.8 Å². The Kier molecular flexibility index (Phi) is 3.98. The molecule has 0 bridgehead atoms. The maximum atomic E-state index is 11.8. The molecule has 1 aliphatic heterocycles. The third kappa shape index (κ3) is 3.59. The van der Waals surface area contributed by atoms with Gasteiger partial charge in [-0.1, -0.05) is 20.8 Å². The second-order valence-electron chi connectivity index (χ2n) is 5.48. The van der Waals surface area contributed by atoms with E-state index in [-0.39, 0.29) is 6.54 Å². The fourth-order valence-electron chi connectivity index (χ4n) is 1.79. The predicted octanol–water partition coefficient (Wildman–Crippen LogP) is 0.262. The van der Waals surface area contributed by atoms with Crippen molar-refractivity contribution in [3.63, 3.8) is 0 Å². The quantitative estimate of drug-likeness (QED) is 0.650. The first-order valence-corrected chi connectivity index (χ1v) is 5.68. The lowest BCUT2D eigenvalue weighted by atomic mass is 9.87. The topological polar surface area (TPSA) is 89.9 Å². The van der Waals surface area contributed by atoms with Crippen molar-refractivity contribution < 1.29 is 19.8 Å². The minimum atomic E-state index is -1.05. The number of rotatable bonds is 2. The van der Waals surface area contributed by atoms with Gasteiger partial charge in [0.05, 0.1) is 6.10 Å². The number of carboxylic acid groups (broad SMARTS) is 1. The lowest BCUT2D eigenvalue weighted by molar-refractivity contribution is -0.142. The van der Waals surface area contributed by atoms with Gasteiger partial charge in [-0.2, -0.15) is 0 Å². The van der Waals surface area contributed by atoms with Crippen LogP contribution in [0.5, 0.6) is 0 Å². The monoisotopic (exact) mass is 244 g/mol. The van der Waals surface area contributed by atoms with Crippen LogP contribution in [-0.2, 0) is 4.79 Å². The van der Waals surface area contributed by atoms with E-state index in [2.05, 4.69) is 5.32 Å². The molecule has 3 N–H and O–H groups in total. The molecule has 0 aliphatic carbocycles. The molecule has 0 aromatic heterocycles. The van der Waals surface area contributed by atoms with Gasteiger partial charge in [0.1, 0.15) is 6.04 Å². The molecule has 1 saturated heterocycles. The average Bonchev–Trinajstić information content (AvgIpc) is 2.58. The Morgan fingerprint density at radius 1 is 1.41 bits per heavy atom. The minimum absolute atomic E-state index is 0.266. The lowest BCUT2D eigenvalue weighted by Crippen LogP contribution is -2.53. The number of carboxylic acids is 1. The van der Waals surface area contributed by atoms with Crippen LogP contribution in [0, 0.1) is 5.41 Å². The predicted molar refractivity (Wildman–Crippen MR) is 61.6 cm³/mol. The number of carbonyl (C=O) groups excluding carboxylic acids is 1. The number of aliphatic hydroxyl groups excluding tert-OH is 1. The van der Waals surface area contributed by atoms with E-state index in [9.17, 15) is 14.7 Å². The van der Waals surface area contributed by atoms with Crippen LogP contribution in [0.1, 0.15) is 27.2 Å². The maximum absolute atomic E-state index is 11.8. The summed E-state index contributed by atoms with van der Waals surface area (Å²) in [6, 6.07) is -1.36. The number of aliphatic carboxylic acids is 1. The van der Waals surface area contributed by atoms with E-state index >= 15 is 0 Å². The standard InChI is InChI=1S/C11H20N2O4/c1-11(2,3)8(9(15)16)12-10(17)13-5-4-7(14)6-13/h7-8,14H,4-6H2,1-3H3,(H,12,17)(H,15,16)/t7?,8-/m0/s1. The normalized spacial score (nSPS) is 22.4. The highest BCUT2D eigenvalue weighted by atomic mass is 16.4. The molecule has 0 spiro atoms. The molecule has 1 fully saturated rings. The number of hydrogen-bond donors (Lipinski definition) is 3. The number of urea groups is 1. The van der Waals surface area contributed by atoms with Crippen molar-refractivity contribution in [2.75, 3.05) is 13.1 Å². The van der Waals surface area contributed by atoms with Crippen LogP contribution < -0.4 is 5.32 Å². The summed E-state index contributed by atoms with van der Waals surface area (Å²) in [6.07, 6.45) is 0.0411. The molecule has 0 radical (unpaired) electrons. The van der Waals surface area contributed by atoms with Gasteiger partial charge in [0, 0.05) is 13.1 Å². The van der Waals surface area contributed by atoms with Crippen LogP contribution >= 0.6 is 0 Å². The van der Waals surface area contributed by atoms with Gasteiger partial charge in [-0.15, -0.1) is 0 Å². The molecular weight excluding hydrogens is 224 g/mol. The molecule has 0 aromatic rings. The van der Waals surface area contributed by atoms with E-state index in [1.165, 1.54) is 4.90 Å². The largest absolute Gasteiger partial charge is 0.480 e. The third-order valence-corrected chi connectivity index (χ3v) is 2.83. The van der Waals surface area contributed by atoms with Crippen molar-refractivity contribution in [2.24, 2.45) is 5.41 Å². The zero-order valence-corrected chi connectivity index (χ0v) is 10.4. The van der Waals surface area contributed by atoms with Gasteiger partial charge in [-0.25, -0.2) is 9.59 Å². The first kappa shape index (κ1) is 13.8. The third-order valence-electron chi connectivity index (χ3n) is 2.83. The summed E-state index contributed by atoms with van der Waals surface area (Å²) in [5, 5.41) is 20.9. The van der Waals surface area contributed by atoms with Gasteiger partial charge < -0.3 is 20.4 Å². The molecule has 1 unspecified atom stereocenters. The van der Waals surface area contributed by atoms with Crippen LogP contribution in [0.3, 0.4) is 0 Å². The van der Waals surface area contributed by atoms with Crippen molar-refractivity contribution in [1.29, 1.82) is 0 Å². The summed E-state index contributed by atoms with van der Waals surface area (Å²) in [7, 11) is 0. The number of carbonyl (C=O) groups is 2. The summed E-state index contributed by atoms with van der Waals surface area (Å²) < 4.78 is 0. The highest BCUT2D eigenvalue weighted by Gasteiger charge is 2.35. The van der Waals surface area contributed by atoms with Crippen molar-refractivity contribution in [2.45, 2.75) is 39.3 Å². The molecule has 2 atom stereocenters. The number of β-amino-alcohol motifs (C(OH)–C–C–N with tert-alkyl or cyclic N) is 1. The first-order chi connectivity index (χ1) is 7.71. The summed E-state index contributed by atoms with van der Waals surface area (Å²) in [5.41, 5.74) is -0.556. The Bertz CT molecular complexity index is 311. The molecule has 1 heterocycles. The molecule has 6 heteroatoms.